The molecule has 2 aromatic carbocycles. The van der Waals surface area contributed by atoms with Crippen molar-refractivity contribution in [1.82, 2.24) is 5.32 Å². The Morgan fingerprint density at radius 1 is 1.13 bits per heavy atom. The molecule has 0 saturated carbocycles. The third kappa shape index (κ3) is 5.62. The number of hydrogen-bond donors (Lipinski definition) is 1. The fourth-order valence-corrected chi connectivity index (χ4v) is 2.15. The second-order valence-electron chi connectivity index (χ2n) is 5.39. The molecule has 120 valence electrons. The fourth-order valence-electron chi connectivity index (χ4n) is 2.15. The van der Waals surface area contributed by atoms with Crippen LogP contribution in [0.1, 0.15) is 37.4 Å². The van der Waals surface area contributed by atoms with Crippen LogP contribution in [0.3, 0.4) is 0 Å². The second kappa shape index (κ2) is 8.79. The van der Waals surface area contributed by atoms with Crippen molar-refractivity contribution in [3.63, 3.8) is 0 Å². The van der Waals surface area contributed by atoms with Crippen molar-refractivity contribution < 1.29 is 9.53 Å². The van der Waals surface area contributed by atoms with E-state index >= 15 is 0 Å². The Bertz CT molecular complexity index is 632. The Morgan fingerprint density at radius 3 is 2.48 bits per heavy atom. The normalized spacial score (nSPS) is 12.1. The van der Waals surface area contributed by atoms with E-state index in [2.05, 4.69) is 12.2 Å². The van der Waals surface area contributed by atoms with Gasteiger partial charge in [-0.3, -0.25) is 4.79 Å². The highest BCUT2D eigenvalue weighted by Crippen LogP contribution is 2.14. The van der Waals surface area contributed by atoms with E-state index in [-0.39, 0.29) is 11.9 Å². The molecule has 3 heteroatoms. The minimum atomic E-state index is -0.104. The molecule has 1 unspecified atom stereocenters. The van der Waals surface area contributed by atoms with Crippen LogP contribution in [0.25, 0.3) is 6.08 Å². The van der Waals surface area contributed by atoms with Gasteiger partial charge in [-0.2, -0.15) is 0 Å². The van der Waals surface area contributed by atoms with Gasteiger partial charge in [-0.25, -0.2) is 0 Å². The predicted molar refractivity (Wildman–Crippen MR) is 94.3 cm³/mol. The van der Waals surface area contributed by atoms with Gasteiger partial charge < -0.3 is 10.1 Å². The molecule has 1 amide bonds. The summed E-state index contributed by atoms with van der Waals surface area (Å²) in [5.74, 6) is 0.749. The first-order valence-electron chi connectivity index (χ1n) is 7.95. The molecule has 2 rings (SSSR count). The third-order valence-electron chi connectivity index (χ3n) is 3.44. The van der Waals surface area contributed by atoms with Gasteiger partial charge in [-0.1, -0.05) is 49.4 Å². The molecule has 0 bridgehead atoms. The monoisotopic (exact) mass is 309 g/mol. The summed E-state index contributed by atoms with van der Waals surface area (Å²) in [6, 6.07) is 17.6. The molecule has 0 spiro atoms. The Kier molecular flexibility index (Phi) is 6.42. The van der Waals surface area contributed by atoms with Crippen molar-refractivity contribution in [1.29, 1.82) is 0 Å². The van der Waals surface area contributed by atoms with E-state index < -0.39 is 0 Å². The highest BCUT2D eigenvalue weighted by molar-refractivity contribution is 5.91. The van der Waals surface area contributed by atoms with Gasteiger partial charge in [-0.05, 0) is 42.7 Å². The van der Waals surface area contributed by atoms with Crippen molar-refractivity contribution in [2.75, 3.05) is 6.61 Å². The summed E-state index contributed by atoms with van der Waals surface area (Å²) in [6.07, 6.45) is 4.35. The van der Waals surface area contributed by atoms with E-state index in [0.29, 0.717) is 0 Å². The molecule has 0 aromatic heterocycles. The minimum absolute atomic E-state index is 0.0156. The highest BCUT2D eigenvalue weighted by Gasteiger charge is 2.06. The van der Waals surface area contributed by atoms with Gasteiger partial charge in [0.1, 0.15) is 5.75 Å². The van der Waals surface area contributed by atoms with Gasteiger partial charge >= 0.3 is 0 Å². The van der Waals surface area contributed by atoms with Gasteiger partial charge in [0.15, 0.2) is 0 Å². The van der Waals surface area contributed by atoms with E-state index in [0.717, 1.165) is 29.9 Å². The van der Waals surface area contributed by atoms with Crippen molar-refractivity contribution in [2.45, 2.75) is 26.3 Å². The summed E-state index contributed by atoms with van der Waals surface area (Å²) in [5.41, 5.74) is 2.06. The summed E-state index contributed by atoms with van der Waals surface area (Å²) in [4.78, 5) is 12.0. The van der Waals surface area contributed by atoms with Gasteiger partial charge in [-0.15, -0.1) is 0 Å². The van der Waals surface area contributed by atoms with Crippen LogP contribution in [0, 0.1) is 0 Å². The molecule has 0 aliphatic heterocycles. The first-order valence-corrected chi connectivity index (χ1v) is 7.95. The third-order valence-corrected chi connectivity index (χ3v) is 3.44. The molecule has 1 atom stereocenters. The Balaban J connectivity index is 1.88. The van der Waals surface area contributed by atoms with Crippen LogP contribution in [0.15, 0.2) is 60.7 Å². The summed E-state index contributed by atoms with van der Waals surface area (Å²) in [5, 5.41) is 2.96. The molecule has 0 aliphatic carbocycles. The number of rotatable bonds is 7. The number of amides is 1. The molecule has 0 heterocycles. The smallest absolute Gasteiger partial charge is 0.244 e. The Labute approximate surface area is 138 Å². The van der Waals surface area contributed by atoms with E-state index in [9.17, 15) is 4.79 Å². The number of hydrogen-bond acceptors (Lipinski definition) is 2. The van der Waals surface area contributed by atoms with Gasteiger partial charge in [0.05, 0.1) is 12.6 Å². The highest BCUT2D eigenvalue weighted by atomic mass is 16.5. The summed E-state index contributed by atoms with van der Waals surface area (Å²) >= 11 is 0. The second-order valence-corrected chi connectivity index (χ2v) is 5.39. The number of carbonyl (C=O) groups excluding carboxylic acids is 1. The lowest BCUT2D eigenvalue weighted by Gasteiger charge is -2.12. The number of ether oxygens (including phenoxy) is 1. The molecule has 1 N–H and O–H groups in total. The summed E-state index contributed by atoms with van der Waals surface area (Å²) < 4.78 is 5.53. The number of carbonyl (C=O) groups is 1. The molecule has 0 aliphatic rings. The number of nitrogens with one attached hydrogen (secondary N) is 1. The SMILES string of the molecule is CCCOc1ccc(/C=C/C(=O)NC(C)c2ccccc2)cc1. The van der Waals surface area contributed by atoms with Gasteiger partial charge in [0.2, 0.25) is 5.91 Å². The van der Waals surface area contributed by atoms with Crippen LogP contribution in [-0.2, 0) is 4.79 Å². The average Bonchev–Trinajstić information content (AvgIpc) is 2.59. The van der Waals surface area contributed by atoms with Gasteiger partial charge in [0.25, 0.3) is 0 Å². The molecular weight excluding hydrogens is 286 g/mol. The summed E-state index contributed by atoms with van der Waals surface area (Å²) in [7, 11) is 0. The van der Waals surface area contributed by atoms with Crippen LogP contribution in [0.5, 0.6) is 5.75 Å². The zero-order valence-electron chi connectivity index (χ0n) is 13.7. The van der Waals surface area contributed by atoms with E-state index in [4.69, 9.17) is 4.74 Å². The minimum Gasteiger partial charge on any atom is -0.494 e. The first-order chi connectivity index (χ1) is 11.2. The largest absolute Gasteiger partial charge is 0.494 e. The van der Waals surface area contributed by atoms with E-state index in [1.807, 2.05) is 61.5 Å². The fraction of sp³-hybridized carbons (Fsp3) is 0.250. The van der Waals surface area contributed by atoms with Gasteiger partial charge in [0, 0.05) is 6.08 Å². The maximum Gasteiger partial charge on any atom is 0.244 e. The molecular formula is C20H23NO2. The molecule has 0 radical (unpaired) electrons. The number of benzene rings is 2. The van der Waals surface area contributed by atoms with E-state index in [1.54, 1.807) is 12.2 Å². The van der Waals surface area contributed by atoms with Crippen LogP contribution >= 0.6 is 0 Å². The van der Waals surface area contributed by atoms with Crippen LogP contribution in [-0.4, -0.2) is 12.5 Å². The Morgan fingerprint density at radius 2 is 1.83 bits per heavy atom. The molecule has 0 saturated heterocycles. The first kappa shape index (κ1) is 16.8. The topological polar surface area (TPSA) is 38.3 Å². The summed E-state index contributed by atoms with van der Waals surface area (Å²) in [6.45, 7) is 4.77. The molecule has 0 fully saturated rings. The van der Waals surface area contributed by atoms with Crippen LogP contribution < -0.4 is 10.1 Å². The lowest BCUT2D eigenvalue weighted by atomic mass is 10.1. The molecule has 3 nitrogen and oxygen atoms in total. The standard InChI is InChI=1S/C20H23NO2/c1-3-15-23-19-12-9-17(10-13-19)11-14-20(22)21-16(2)18-7-5-4-6-8-18/h4-14,16H,3,15H2,1-2H3,(H,21,22)/b14-11+. The van der Waals surface area contributed by atoms with E-state index in [1.165, 1.54) is 0 Å². The zero-order valence-corrected chi connectivity index (χ0v) is 13.7. The van der Waals surface area contributed by atoms with Crippen molar-refractivity contribution in [2.24, 2.45) is 0 Å². The quantitative estimate of drug-likeness (QED) is 0.771. The van der Waals surface area contributed by atoms with Crippen molar-refractivity contribution in [3.05, 3.63) is 71.8 Å². The van der Waals surface area contributed by atoms with Crippen molar-refractivity contribution >= 4 is 12.0 Å². The molecule has 23 heavy (non-hydrogen) atoms. The van der Waals surface area contributed by atoms with Crippen LogP contribution in [0.4, 0.5) is 0 Å². The lowest BCUT2D eigenvalue weighted by molar-refractivity contribution is -0.117. The maximum absolute atomic E-state index is 12.0. The van der Waals surface area contributed by atoms with Crippen LogP contribution in [0.2, 0.25) is 0 Å². The molecule has 2 aromatic rings. The maximum atomic E-state index is 12.0. The Hall–Kier alpha value is -2.55. The lowest BCUT2D eigenvalue weighted by Crippen LogP contribution is -2.24. The predicted octanol–water partition coefficient (Wildman–Crippen LogP) is 4.37. The zero-order chi connectivity index (χ0) is 16.5. The van der Waals surface area contributed by atoms with Crippen molar-refractivity contribution in [3.8, 4) is 5.75 Å². The average molecular weight is 309 g/mol.